The van der Waals surface area contributed by atoms with Gasteiger partial charge in [0.1, 0.15) is 5.75 Å². The molecule has 0 unspecified atom stereocenters. The molecule has 2 nitrogen and oxygen atoms in total. The average Bonchev–Trinajstić information content (AvgIpc) is 2.37. The fourth-order valence-electron chi connectivity index (χ4n) is 1.48. The van der Waals surface area contributed by atoms with Gasteiger partial charge in [0.25, 0.3) is 0 Å². The van der Waals surface area contributed by atoms with Gasteiger partial charge in [0.15, 0.2) is 0 Å². The Balaban J connectivity index is 1.97. The van der Waals surface area contributed by atoms with Crippen molar-refractivity contribution in [1.29, 1.82) is 0 Å². The normalized spacial score (nSPS) is 10.0. The van der Waals surface area contributed by atoms with Crippen molar-refractivity contribution in [2.75, 3.05) is 12.4 Å². The molecule has 1 N–H and O–H groups in total. The Morgan fingerprint density at radius 2 is 2.00 bits per heavy atom. The summed E-state index contributed by atoms with van der Waals surface area (Å²) in [6.07, 6.45) is 0. The molecule has 0 aromatic heterocycles. The molecule has 87 valence electrons. The first-order valence-electron chi connectivity index (χ1n) is 5.32. The number of nitrogens with one attached hydrogen (secondary N) is 1. The molecule has 0 saturated carbocycles. The molecule has 17 heavy (non-hydrogen) atoms. The van der Waals surface area contributed by atoms with Crippen LogP contribution in [0.15, 0.2) is 42.5 Å². The Hall–Kier alpha value is -1.67. The molecule has 0 spiro atoms. The standard InChI is InChI=1S/C14H13ClNO/c1-17-14-7-5-11(6-8-14)10-16-13-4-2-3-12(15)9-13/h2-3,5-9,16H,10H2,1H3. The quantitative estimate of drug-likeness (QED) is 0.887. The molecule has 0 fully saturated rings. The molecule has 2 aromatic rings. The van der Waals surface area contributed by atoms with Crippen molar-refractivity contribution in [3.05, 3.63) is 59.1 Å². The molecule has 0 aliphatic heterocycles. The third kappa shape index (κ3) is 3.40. The van der Waals surface area contributed by atoms with Gasteiger partial charge in [-0.25, -0.2) is 0 Å². The van der Waals surface area contributed by atoms with Crippen molar-refractivity contribution in [2.24, 2.45) is 0 Å². The number of rotatable bonds is 4. The Kier molecular flexibility index (Phi) is 3.89. The molecule has 0 aliphatic rings. The Morgan fingerprint density at radius 1 is 1.24 bits per heavy atom. The number of hydrogen-bond donors (Lipinski definition) is 1. The third-order valence-electron chi connectivity index (χ3n) is 2.41. The number of anilines is 1. The third-order valence-corrected chi connectivity index (χ3v) is 2.64. The van der Waals surface area contributed by atoms with E-state index in [9.17, 15) is 0 Å². The van der Waals surface area contributed by atoms with Crippen LogP contribution in [0.25, 0.3) is 0 Å². The van der Waals surface area contributed by atoms with E-state index in [0.29, 0.717) is 5.02 Å². The second-order valence-electron chi connectivity index (χ2n) is 3.62. The van der Waals surface area contributed by atoms with Gasteiger partial charge in [0.05, 0.1) is 7.11 Å². The topological polar surface area (TPSA) is 21.3 Å². The zero-order valence-electron chi connectivity index (χ0n) is 9.53. The lowest BCUT2D eigenvalue weighted by Crippen LogP contribution is -1.99. The maximum atomic E-state index is 5.89. The second-order valence-corrected chi connectivity index (χ2v) is 4.06. The molecule has 3 heteroatoms. The molecule has 0 saturated heterocycles. The molecular weight excluding hydrogens is 234 g/mol. The summed E-state index contributed by atoms with van der Waals surface area (Å²) in [7, 11) is 1.66. The Bertz CT molecular complexity index is 482. The summed E-state index contributed by atoms with van der Waals surface area (Å²) in [5.41, 5.74) is 2.08. The van der Waals surface area contributed by atoms with Crippen LogP contribution in [0.2, 0.25) is 5.02 Å². The summed E-state index contributed by atoms with van der Waals surface area (Å²) in [5.74, 6) is 0.864. The van der Waals surface area contributed by atoms with Crippen molar-refractivity contribution in [3.8, 4) is 5.75 Å². The van der Waals surface area contributed by atoms with Crippen LogP contribution in [-0.2, 0) is 6.54 Å². The van der Waals surface area contributed by atoms with Gasteiger partial charge in [-0.15, -0.1) is 0 Å². The molecule has 0 aliphatic carbocycles. The van der Waals surface area contributed by atoms with Gasteiger partial charge >= 0.3 is 0 Å². The summed E-state index contributed by atoms with van der Waals surface area (Å²) in [5, 5.41) is 3.97. The van der Waals surface area contributed by atoms with Gasteiger partial charge in [-0.05, 0) is 29.8 Å². The smallest absolute Gasteiger partial charge is 0.118 e. The van der Waals surface area contributed by atoms with E-state index in [0.717, 1.165) is 18.0 Å². The molecule has 0 bridgehead atoms. The molecule has 0 atom stereocenters. The van der Waals surface area contributed by atoms with Crippen LogP contribution < -0.4 is 10.1 Å². The van der Waals surface area contributed by atoms with Gasteiger partial charge in [0.2, 0.25) is 0 Å². The van der Waals surface area contributed by atoms with Gasteiger partial charge in [-0.1, -0.05) is 29.8 Å². The number of methoxy groups -OCH3 is 1. The summed E-state index contributed by atoms with van der Waals surface area (Å²) < 4.78 is 5.10. The van der Waals surface area contributed by atoms with Crippen LogP contribution in [0.1, 0.15) is 5.56 Å². The highest BCUT2D eigenvalue weighted by Crippen LogP contribution is 2.16. The van der Waals surface area contributed by atoms with Gasteiger partial charge < -0.3 is 10.1 Å². The molecule has 2 rings (SSSR count). The van der Waals surface area contributed by atoms with Crippen LogP contribution >= 0.6 is 11.6 Å². The largest absolute Gasteiger partial charge is 0.497 e. The molecule has 1 radical (unpaired) electrons. The average molecular weight is 247 g/mol. The number of benzene rings is 2. The lowest BCUT2D eigenvalue weighted by molar-refractivity contribution is 0.414. The first-order valence-corrected chi connectivity index (χ1v) is 5.70. The highest BCUT2D eigenvalue weighted by molar-refractivity contribution is 6.30. The maximum Gasteiger partial charge on any atom is 0.118 e. The molecular formula is C14H13ClNO. The zero-order chi connectivity index (χ0) is 12.1. The SMILES string of the molecule is COc1ccc(CNc2[c]ccc(Cl)c2)cc1. The van der Waals surface area contributed by atoms with E-state index >= 15 is 0 Å². The van der Waals surface area contributed by atoms with Gasteiger partial charge in [-0.2, -0.15) is 0 Å². The van der Waals surface area contributed by atoms with Crippen LogP contribution in [0.5, 0.6) is 5.75 Å². The molecule has 2 aromatic carbocycles. The summed E-state index contributed by atoms with van der Waals surface area (Å²) in [4.78, 5) is 0. The lowest BCUT2D eigenvalue weighted by Gasteiger charge is -2.07. The fourth-order valence-corrected chi connectivity index (χ4v) is 1.65. The van der Waals surface area contributed by atoms with Gasteiger partial charge in [-0.3, -0.25) is 0 Å². The van der Waals surface area contributed by atoms with E-state index in [2.05, 4.69) is 11.4 Å². The fraction of sp³-hybridized carbons (Fsp3) is 0.143. The summed E-state index contributed by atoms with van der Waals surface area (Å²) in [6.45, 7) is 0.737. The van der Waals surface area contributed by atoms with Gasteiger partial charge in [0, 0.05) is 23.3 Å². The Labute approximate surface area is 106 Å². The second kappa shape index (κ2) is 5.60. The number of halogens is 1. The van der Waals surface area contributed by atoms with Crippen LogP contribution in [0.4, 0.5) is 5.69 Å². The predicted molar refractivity (Wildman–Crippen MR) is 70.6 cm³/mol. The first kappa shape index (κ1) is 11.8. The van der Waals surface area contributed by atoms with E-state index in [-0.39, 0.29) is 0 Å². The van der Waals surface area contributed by atoms with Crippen molar-refractivity contribution in [2.45, 2.75) is 6.54 Å². The van der Waals surface area contributed by atoms with Crippen molar-refractivity contribution < 1.29 is 4.74 Å². The minimum Gasteiger partial charge on any atom is -0.497 e. The minimum atomic E-state index is 0.709. The molecule has 0 amide bonds. The lowest BCUT2D eigenvalue weighted by atomic mass is 10.2. The van der Waals surface area contributed by atoms with E-state index in [1.807, 2.05) is 30.3 Å². The van der Waals surface area contributed by atoms with Crippen molar-refractivity contribution in [1.82, 2.24) is 0 Å². The highest BCUT2D eigenvalue weighted by atomic mass is 35.5. The predicted octanol–water partition coefficient (Wildman–Crippen LogP) is 3.76. The van der Waals surface area contributed by atoms with Crippen LogP contribution in [-0.4, -0.2) is 7.11 Å². The van der Waals surface area contributed by atoms with E-state index in [4.69, 9.17) is 16.3 Å². The first-order chi connectivity index (χ1) is 8.28. The monoisotopic (exact) mass is 246 g/mol. The highest BCUT2D eigenvalue weighted by Gasteiger charge is 1.96. The number of ether oxygens (including phenoxy) is 1. The van der Waals surface area contributed by atoms with E-state index < -0.39 is 0 Å². The van der Waals surface area contributed by atoms with E-state index in [1.165, 1.54) is 5.56 Å². The van der Waals surface area contributed by atoms with Crippen LogP contribution in [0, 0.1) is 6.07 Å². The minimum absolute atomic E-state index is 0.709. The zero-order valence-corrected chi connectivity index (χ0v) is 10.3. The maximum absolute atomic E-state index is 5.89. The molecule has 0 heterocycles. The summed E-state index contributed by atoms with van der Waals surface area (Å²) >= 11 is 5.89. The van der Waals surface area contributed by atoms with Crippen molar-refractivity contribution in [3.63, 3.8) is 0 Å². The summed E-state index contributed by atoms with van der Waals surface area (Å²) in [6, 6.07) is 16.5. The van der Waals surface area contributed by atoms with Crippen molar-refractivity contribution >= 4 is 17.3 Å². The van der Waals surface area contributed by atoms with Crippen LogP contribution in [0.3, 0.4) is 0 Å². The number of hydrogen-bond acceptors (Lipinski definition) is 2. The van der Waals surface area contributed by atoms with E-state index in [1.54, 1.807) is 19.2 Å². The Morgan fingerprint density at radius 3 is 2.65 bits per heavy atom.